The second-order valence-corrected chi connectivity index (χ2v) is 8.05. The first kappa shape index (κ1) is 17.2. The molecule has 1 fully saturated rings. The molecule has 3 rings (SSSR count). The van der Waals surface area contributed by atoms with Crippen molar-refractivity contribution in [3.8, 4) is 5.75 Å². The fraction of sp³-hybridized carbons (Fsp3) is 0.111. The molecule has 2 aromatic carbocycles. The highest BCUT2D eigenvalue weighted by Gasteiger charge is 2.34. The van der Waals surface area contributed by atoms with E-state index in [1.807, 2.05) is 32.0 Å². The molecule has 0 atom stereocenters. The summed E-state index contributed by atoms with van der Waals surface area (Å²) in [6.07, 6.45) is 1.79. The van der Waals surface area contributed by atoms with Crippen LogP contribution in [0.15, 0.2) is 45.8 Å². The van der Waals surface area contributed by atoms with E-state index in [0.29, 0.717) is 13.7 Å². The van der Waals surface area contributed by atoms with Gasteiger partial charge in [0.1, 0.15) is 5.75 Å². The maximum absolute atomic E-state index is 12.8. The molecule has 0 spiro atoms. The monoisotopic (exact) mass is 419 g/mol. The van der Waals surface area contributed by atoms with Crippen LogP contribution in [-0.2, 0) is 4.79 Å². The van der Waals surface area contributed by atoms with Gasteiger partial charge in [0.05, 0.1) is 15.1 Å². The molecule has 122 valence electrons. The number of aromatic hydroxyl groups is 1. The third-order valence-corrected chi connectivity index (χ3v) is 5.61. The number of rotatable bonds is 2. The smallest absolute Gasteiger partial charge is 0.270 e. The van der Waals surface area contributed by atoms with Crippen LogP contribution in [0, 0.1) is 13.8 Å². The van der Waals surface area contributed by atoms with Crippen LogP contribution in [0.1, 0.15) is 16.7 Å². The minimum Gasteiger partial charge on any atom is -0.507 e. The van der Waals surface area contributed by atoms with Gasteiger partial charge in [0, 0.05) is 0 Å². The lowest BCUT2D eigenvalue weighted by atomic mass is 10.1. The maximum atomic E-state index is 12.8. The number of phenols is 1. The van der Waals surface area contributed by atoms with Gasteiger partial charge in [-0.1, -0.05) is 42.2 Å². The Hall–Kier alpha value is -1.63. The number of carbonyl (C=O) groups is 1. The number of benzene rings is 2. The number of hydrogen-bond acceptors (Lipinski definition) is 4. The Morgan fingerprint density at radius 2 is 1.96 bits per heavy atom. The Labute approximate surface area is 158 Å². The standard InChI is InChI=1S/C18H14BrNO2S2/c1-10-3-4-11(2)14(7-10)20-17(22)16(24-18(20)23)9-12-5-6-15(21)13(19)8-12/h3-9,21H,1-2H3/b16-9-. The third kappa shape index (κ3) is 3.27. The molecule has 3 nitrogen and oxygen atoms in total. The highest BCUT2D eigenvalue weighted by molar-refractivity contribution is 9.10. The van der Waals surface area contributed by atoms with E-state index in [1.54, 1.807) is 29.2 Å². The summed E-state index contributed by atoms with van der Waals surface area (Å²) in [5.41, 5.74) is 3.73. The zero-order valence-electron chi connectivity index (χ0n) is 13.0. The lowest BCUT2D eigenvalue weighted by molar-refractivity contribution is -0.113. The van der Waals surface area contributed by atoms with Crippen molar-refractivity contribution in [3.05, 3.63) is 62.5 Å². The first-order valence-corrected chi connectivity index (χ1v) is 9.22. The van der Waals surface area contributed by atoms with Crippen LogP contribution in [0.5, 0.6) is 5.75 Å². The number of nitrogens with zero attached hydrogens (tertiary/aromatic N) is 1. The van der Waals surface area contributed by atoms with Crippen LogP contribution in [0.25, 0.3) is 6.08 Å². The van der Waals surface area contributed by atoms with Crippen molar-refractivity contribution in [2.75, 3.05) is 4.90 Å². The molecule has 1 heterocycles. The van der Waals surface area contributed by atoms with Crippen LogP contribution in [0.4, 0.5) is 5.69 Å². The van der Waals surface area contributed by atoms with Crippen LogP contribution < -0.4 is 4.90 Å². The summed E-state index contributed by atoms with van der Waals surface area (Å²) in [5.74, 6) is 0.0398. The van der Waals surface area contributed by atoms with Gasteiger partial charge in [0.15, 0.2) is 4.32 Å². The third-order valence-electron chi connectivity index (χ3n) is 3.67. The lowest BCUT2D eigenvalue weighted by Crippen LogP contribution is -2.28. The molecule has 0 unspecified atom stereocenters. The average Bonchev–Trinajstić information content (AvgIpc) is 2.80. The molecule has 1 amide bonds. The van der Waals surface area contributed by atoms with E-state index < -0.39 is 0 Å². The van der Waals surface area contributed by atoms with Gasteiger partial charge in [-0.05, 0) is 70.7 Å². The number of carbonyl (C=O) groups excluding carboxylic acids is 1. The van der Waals surface area contributed by atoms with Crippen LogP contribution >= 0.6 is 39.9 Å². The predicted octanol–water partition coefficient (Wildman–Crippen LogP) is 5.18. The molecule has 1 aliphatic rings. The molecule has 0 aromatic heterocycles. The molecular weight excluding hydrogens is 406 g/mol. The van der Waals surface area contributed by atoms with Crippen LogP contribution in [0.2, 0.25) is 0 Å². The molecule has 0 aliphatic carbocycles. The summed E-state index contributed by atoms with van der Waals surface area (Å²) in [5, 5.41) is 9.58. The highest BCUT2D eigenvalue weighted by Crippen LogP contribution is 2.38. The summed E-state index contributed by atoms with van der Waals surface area (Å²) in [6.45, 7) is 3.96. The Morgan fingerprint density at radius 1 is 1.21 bits per heavy atom. The Morgan fingerprint density at radius 3 is 2.67 bits per heavy atom. The van der Waals surface area contributed by atoms with Gasteiger partial charge in [-0.15, -0.1) is 0 Å². The minimum atomic E-state index is -0.122. The average molecular weight is 420 g/mol. The zero-order chi connectivity index (χ0) is 17.4. The van der Waals surface area contributed by atoms with Crippen LogP contribution in [0.3, 0.4) is 0 Å². The number of thiocarbonyl (C=S) groups is 1. The molecule has 2 aromatic rings. The minimum absolute atomic E-state index is 0.122. The summed E-state index contributed by atoms with van der Waals surface area (Å²) < 4.78 is 1.11. The number of halogens is 1. The van der Waals surface area contributed by atoms with Gasteiger partial charge in [-0.25, -0.2) is 0 Å². The molecular formula is C18H14BrNO2S2. The number of thioether (sulfide) groups is 1. The number of amides is 1. The topological polar surface area (TPSA) is 40.5 Å². The van der Waals surface area contributed by atoms with Gasteiger partial charge in [0.25, 0.3) is 5.91 Å². The summed E-state index contributed by atoms with van der Waals surface area (Å²) in [6, 6.07) is 11.1. The molecule has 0 bridgehead atoms. The highest BCUT2D eigenvalue weighted by atomic mass is 79.9. The number of phenolic OH excluding ortho intramolecular Hbond substituents is 1. The van der Waals surface area contributed by atoms with Gasteiger partial charge in [-0.2, -0.15) is 0 Å². The van der Waals surface area contributed by atoms with Crippen molar-refractivity contribution < 1.29 is 9.90 Å². The lowest BCUT2D eigenvalue weighted by Gasteiger charge is -2.17. The van der Waals surface area contributed by atoms with Crippen molar-refractivity contribution in [1.82, 2.24) is 0 Å². The van der Waals surface area contributed by atoms with Crippen molar-refractivity contribution in [2.24, 2.45) is 0 Å². The molecule has 0 radical (unpaired) electrons. The van der Waals surface area contributed by atoms with Gasteiger partial charge < -0.3 is 5.11 Å². The Bertz CT molecular complexity index is 893. The molecule has 1 saturated heterocycles. The molecule has 6 heteroatoms. The van der Waals surface area contributed by atoms with Gasteiger partial charge in [-0.3, -0.25) is 9.69 Å². The van der Waals surface area contributed by atoms with E-state index in [0.717, 1.165) is 22.4 Å². The normalized spacial score (nSPS) is 16.3. The van der Waals surface area contributed by atoms with E-state index in [-0.39, 0.29) is 11.7 Å². The Balaban J connectivity index is 1.98. The summed E-state index contributed by atoms with van der Waals surface area (Å²) in [7, 11) is 0. The van der Waals surface area contributed by atoms with E-state index in [1.165, 1.54) is 11.8 Å². The molecule has 1 N–H and O–H groups in total. The fourth-order valence-corrected chi connectivity index (χ4v) is 4.08. The van der Waals surface area contributed by atoms with Gasteiger partial charge in [0.2, 0.25) is 0 Å². The zero-order valence-corrected chi connectivity index (χ0v) is 16.3. The van der Waals surface area contributed by atoms with Crippen molar-refractivity contribution >= 4 is 61.9 Å². The quantitative estimate of drug-likeness (QED) is 0.537. The number of anilines is 1. The SMILES string of the molecule is Cc1ccc(C)c(N2C(=O)/C(=C/c3ccc(O)c(Br)c3)SC2=S)c1. The molecule has 0 saturated carbocycles. The van der Waals surface area contributed by atoms with E-state index in [9.17, 15) is 9.90 Å². The van der Waals surface area contributed by atoms with E-state index in [4.69, 9.17) is 12.2 Å². The van der Waals surface area contributed by atoms with Crippen molar-refractivity contribution in [1.29, 1.82) is 0 Å². The predicted molar refractivity (Wildman–Crippen MR) is 107 cm³/mol. The van der Waals surface area contributed by atoms with E-state index in [2.05, 4.69) is 15.9 Å². The second-order valence-electron chi connectivity index (χ2n) is 5.52. The van der Waals surface area contributed by atoms with Crippen LogP contribution in [-0.4, -0.2) is 15.3 Å². The number of aryl methyl sites for hydroxylation is 2. The van der Waals surface area contributed by atoms with Gasteiger partial charge >= 0.3 is 0 Å². The second kappa shape index (κ2) is 6.70. The van der Waals surface area contributed by atoms with Crippen molar-refractivity contribution in [2.45, 2.75) is 13.8 Å². The molecule has 1 aliphatic heterocycles. The van der Waals surface area contributed by atoms with Crippen molar-refractivity contribution in [3.63, 3.8) is 0 Å². The Kier molecular flexibility index (Phi) is 4.80. The largest absolute Gasteiger partial charge is 0.507 e. The summed E-state index contributed by atoms with van der Waals surface area (Å²) >= 11 is 9.99. The first-order chi connectivity index (χ1) is 11.4. The summed E-state index contributed by atoms with van der Waals surface area (Å²) in [4.78, 5) is 15.0. The number of hydrogen-bond donors (Lipinski definition) is 1. The van der Waals surface area contributed by atoms with E-state index >= 15 is 0 Å². The fourth-order valence-electron chi connectivity index (χ4n) is 2.40. The molecule has 24 heavy (non-hydrogen) atoms. The first-order valence-electron chi connectivity index (χ1n) is 7.20. The maximum Gasteiger partial charge on any atom is 0.270 e.